The highest BCUT2D eigenvalue weighted by Crippen LogP contribution is 2.27. The van der Waals surface area contributed by atoms with E-state index in [1.54, 1.807) is 12.3 Å². The average molecular weight is 526 g/mol. The number of carbonyl (C=O) groups excluding carboxylic acids is 2. The van der Waals surface area contributed by atoms with Crippen LogP contribution in [0, 0.1) is 5.92 Å². The van der Waals surface area contributed by atoms with Crippen molar-refractivity contribution in [2.45, 2.75) is 64.5 Å². The summed E-state index contributed by atoms with van der Waals surface area (Å²) in [6, 6.07) is 7.27. The normalized spacial score (nSPS) is 20.6. The maximum atomic E-state index is 13.0. The molecule has 0 radical (unpaired) electrons. The molecular weight excluding hydrogens is 494 g/mol. The molecule has 1 saturated carbocycles. The number of aromatic nitrogens is 2. The highest BCUT2D eigenvalue weighted by molar-refractivity contribution is 7.13. The number of fused-ring (bicyclic) bond motifs is 2. The minimum absolute atomic E-state index is 0.0181. The van der Waals surface area contributed by atoms with Crippen LogP contribution in [0.5, 0.6) is 0 Å². The van der Waals surface area contributed by atoms with Crippen LogP contribution in [0.15, 0.2) is 29.3 Å². The first kappa shape index (κ1) is 25.1. The number of aromatic amines is 1. The summed E-state index contributed by atoms with van der Waals surface area (Å²) in [5, 5.41) is 5.17. The first-order valence-electron chi connectivity index (χ1n) is 12.9. The zero-order valence-electron chi connectivity index (χ0n) is 20.6. The lowest BCUT2D eigenvalue weighted by Crippen LogP contribution is -2.42. The number of halogens is 1. The fraction of sp³-hybridized carbons (Fsp3) is 0.481. The minimum atomic E-state index is -0.280. The Labute approximate surface area is 220 Å². The van der Waals surface area contributed by atoms with Gasteiger partial charge in [0.05, 0.1) is 5.69 Å². The molecule has 3 aromatic rings. The van der Waals surface area contributed by atoms with Crippen LogP contribution in [0.25, 0.3) is 10.9 Å². The Hall–Kier alpha value is -2.55. The van der Waals surface area contributed by atoms with E-state index in [0.29, 0.717) is 15.7 Å². The summed E-state index contributed by atoms with van der Waals surface area (Å²) in [5.74, 6) is -0.415. The fourth-order valence-electron chi connectivity index (χ4n) is 5.12. The van der Waals surface area contributed by atoms with Gasteiger partial charge in [0.1, 0.15) is 5.69 Å². The number of rotatable bonds is 7. The van der Waals surface area contributed by atoms with Crippen molar-refractivity contribution in [3.8, 4) is 0 Å². The fourth-order valence-corrected chi connectivity index (χ4v) is 6.34. The summed E-state index contributed by atoms with van der Waals surface area (Å²) in [4.78, 5) is 41.6. The van der Waals surface area contributed by atoms with Crippen molar-refractivity contribution in [2.75, 3.05) is 13.1 Å². The molecule has 7 nitrogen and oxygen atoms in total. The zero-order chi connectivity index (χ0) is 25.1. The third-order valence-corrected chi connectivity index (χ3v) is 8.47. The molecule has 36 heavy (non-hydrogen) atoms. The number of hydrogen-bond donors (Lipinski definition) is 2. The number of benzene rings is 1. The monoisotopic (exact) mass is 525 g/mol. The van der Waals surface area contributed by atoms with Gasteiger partial charge in [-0.2, -0.15) is 0 Å². The van der Waals surface area contributed by atoms with Crippen molar-refractivity contribution in [1.29, 1.82) is 0 Å². The molecule has 9 heteroatoms. The van der Waals surface area contributed by atoms with Gasteiger partial charge in [-0.05, 0) is 50.1 Å². The molecule has 190 valence electrons. The molecule has 1 unspecified atom stereocenters. The quantitative estimate of drug-likeness (QED) is 0.391. The number of H-pyrrole nitrogens is 1. The van der Waals surface area contributed by atoms with Crippen LogP contribution < -0.4 is 5.32 Å². The summed E-state index contributed by atoms with van der Waals surface area (Å²) >= 11 is 7.56. The molecule has 2 aromatic heterocycles. The van der Waals surface area contributed by atoms with Gasteiger partial charge in [-0.1, -0.05) is 37.8 Å². The number of carbonyl (C=O) groups is 2. The third-order valence-electron chi connectivity index (χ3n) is 7.17. The molecule has 2 amide bonds. The van der Waals surface area contributed by atoms with E-state index in [0.717, 1.165) is 68.3 Å². The van der Waals surface area contributed by atoms with Gasteiger partial charge in [0.15, 0.2) is 5.01 Å². The summed E-state index contributed by atoms with van der Waals surface area (Å²) in [6.45, 7) is 5.18. The lowest BCUT2D eigenvalue weighted by Gasteiger charge is -2.29. The average Bonchev–Trinajstić information content (AvgIpc) is 3.50. The van der Waals surface area contributed by atoms with E-state index in [1.807, 2.05) is 18.2 Å². The van der Waals surface area contributed by atoms with Crippen LogP contribution >= 0.6 is 22.9 Å². The van der Waals surface area contributed by atoms with E-state index in [1.165, 1.54) is 29.1 Å². The minimum Gasteiger partial charge on any atom is -0.351 e. The lowest BCUT2D eigenvalue weighted by molar-refractivity contribution is 0.0915. The van der Waals surface area contributed by atoms with Crippen molar-refractivity contribution in [1.82, 2.24) is 20.2 Å². The van der Waals surface area contributed by atoms with Crippen molar-refractivity contribution in [2.24, 2.45) is 10.9 Å². The summed E-state index contributed by atoms with van der Waals surface area (Å²) in [7, 11) is 0. The predicted molar refractivity (Wildman–Crippen MR) is 145 cm³/mol. The molecule has 0 spiro atoms. The van der Waals surface area contributed by atoms with Gasteiger partial charge in [0.2, 0.25) is 0 Å². The highest BCUT2D eigenvalue weighted by atomic mass is 35.5. The van der Waals surface area contributed by atoms with Crippen LogP contribution in [0.2, 0.25) is 5.02 Å². The third kappa shape index (κ3) is 5.71. The molecule has 0 bridgehead atoms. The van der Waals surface area contributed by atoms with Crippen LogP contribution in [-0.2, 0) is 13.0 Å². The number of aliphatic imine (C=N–C) groups is 1. The molecular formula is C27H32ClN5O2S. The van der Waals surface area contributed by atoms with E-state index in [4.69, 9.17) is 11.6 Å². The second-order valence-electron chi connectivity index (χ2n) is 9.79. The molecule has 3 heterocycles. The number of nitrogens with zero attached hydrogens (tertiary/aromatic N) is 3. The Balaban J connectivity index is 1.23. The van der Waals surface area contributed by atoms with Crippen LogP contribution in [0.4, 0.5) is 0 Å². The van der Waals surface area contributed by atoms with E-state index in [-0.39, 0.29) is 23.8 Å². The van der Waals surface area contributed by atoms with E-state index in [9.17, 15) is 9.59 Å². The largest absolute Gasteiger partial charge is 0.351 e. The summed E-state index contributed by atoms with van der Waals surface area (Å²) in [5.41, 5.74) is 2.43. The second kappa shape index (κ2) is 11.2. The number of amides is 2. The predicted octanol–water partition coefficient (Wildman–Crippen LogP) is 5.64. The molecule has 2 aliphatic rings. The Morgan fingerprint density at radius 2 is 2.17 bits per heavy atom. The standard InChI is InChI=1S/C27H32ClN5O2S/c1-2-3-11-33-12-10-22-24(16-33)36-27(32-22)26(35)29-15-17-6-4-5-7-20(17)31-25(34)23-14-18-13-19(28)8-9-21(18)30-23/h8-9,13-15,17,20,30H,2-7,10-12,16H2,1H3,(H,31,34)/t17?,20-/m0/s1. The molecule has 5 rings (SSSR count). The van der Waals surface area contributed by atoms with Crippen LogP contribution in [0.3, 0.4) is 0 Å². The van der Waals surface area contributed by atoms with E-state index >= 15 is 0 Å². The SMILES string of the molecule is CCCCN1CCc2nc(C(=O)N=CC3CCCC[C@@H]3NC(=O)c3cc4cc(Cl)ccc4[nH]3)sc2C1. The number of hydrogen-bond acceptors (Lipinski definition) is 5. The Morgan fingerprint density at radius 3 is 3.03 bits per heavy atom. The summed E-state index contributed by atoms with van der Waals surface area (Å²) in [6.07, 6.45) is 8.86. The molecule has 1 fully saturated rings. The van der Waals surface area contributed by atoms with Crippen molar-refractivity contribution < 1.29 is 9.59 Å². The molecule has 2 N–H and O–H groups in total. The van der Waals surface area contributed by atoms with Gasteiger partial charge in [0.25, 0.3) is 5.91 Å². The van der Waals surface area contributed by atoms with Crippen molar-refractivity contribution in [3.63, 3.8) is 0 Å². The first-order valence-corrected chi connectivity index (χ1v) is 14.1. The molecule has 0 saturated heterocycles. The van der Waals surface area contributed by atoms with E-state index in [2.05, 4.69) is 32.1 Å². The second-order valence-corrected chi connectivity index (χ2v) is 11.3. The van der Waals surface area contributed by atoms with Crippen LogP contribution in [0.1, 0.15) is 76.3 Å². The molecule has 1 aliphatic carbocycles. The molecule has 1 aliphatic heterocycles. The van der Waals surface area contributed by atoms with Crippen LogP contribution in [-0.4, -0.2) is 52.0 Å². The van der Waals surface area contributed by atoms with Gasteiger partial charge in [0, 0.05) is 58.5 Å². The Kier molecular flexibility index (Phi) is 7.84. The number of thiazole rings is 1. The molecule has 1 aromatic carbocycles. The Morgan fingerprint density at radius 1 is 1.31 bits per heavy atom. The first-order chi connectivity index (χ1) is 17.5. The van der Waals surface area contributed by atoms with Gasteiger partial charge in [-0.15, -0.1) is 11.3 Å². The van der Waals surface area contributed by atoms with Gasteiger partial charge >= 0.3 is 5.91 Å². The lowest BCUT2D eigenvalue weighted by atomic mass is 9.85. The smallest absolute Gasteiger partial charge is 0.305 e. The maximum absolute atomic E-state index is 13.0. The van der Waals surface area contributed by atoms with Crippen molar-refractivity contribution in [3.05, 3.63) is 50.6 Å². The van der Waals surface area contributed by atoms with Gasteiger partial charge < -0.3 is 10.3 Å². The van der Waals surface area contributed by atoms with Crippen molar-refractivity contribution >= 4 is 51.9 Å². The highest BCUT2D eigenvalue weighted by Gasteiger charge is 2.27. The molecule has 2 atom stereocenters. The van der Waals surface area contributed by atoms with Gasteiger partial charge in [-0.25, -0.2) is 9.98 Å². The number of unbranched alkanes of at least 4 members (excludes halogenated alkanes) is 1. The zero-order valence-corrected chi connectivity index (χ0v) is 22.1. The maximum Gasteiger partial charge on any atom is 0.305 e. The van der Waals surface area contributed by atoms with Gasteiger partial charge in [-0.3, -0.25) is 14.5 Å². The Bertz CT molecular complexity index is 1280. The number of nitrogens with one attached hydrogen (secondary N) is 2. The van der Waals surface area contributed by atoms with E-state index < -0.39 is 0 Å². The summed E-state index contributed by atoms with van der Waals surface area (Å²) < 4.78 is 0. The topological polar surface area (TPSA) is 90.4 Å².